The third-order valence-corrected chi connectivity index (χ3v) is 3.49. The van der Waals surface area contributed by atoms with E-state index in [-0.39, 0.29) is 11.4 Å². The molecule has 0 radical (unpaired) electrons. The number of nitrogens with zero attached hydrogens (tertiary/aromatic N) is 2. The van der Waals surface area contributed by atoms with Crippen molar-refractivity contribution in [3.8, 4) is 0 Å². The van der Waals surface area contributed by atoms with Crippen molar-refractivity contribution in [1.29, 1.82) is 0 Å². The van der Waals surface area contributed by atoms with Gasteiger partial charge in [-0.05, 0) is 48.0 Å². The number of hydrogen-bond donors (Lipinski definition) is 2. The molecule has 2 N–H and O–H groups in total. The van der Waals surface area contributed by atoms with Gasteiger partial charge in [0.05, 0.1) is 0 Å². The fourth-order valence-corrected chi connectivity index (χ4v) is 2.19. The van der Waals surface area contributed by atoms with Gasteiger partial charge in [-0.25, -0.2) is 9.37 Å². The maximum Gasteiger partial charge on any atom is 0.274 e. The maximum absolute atomic E-state index is 12.9. The molecule has 7 heteroatoms. The summed E-state index contributed by atoms with van der Waals surface area (Å²) in [5.41, 5.74) is 1.50. The molecule has 0 saturated carbocycles. The molecule has 0 fully saturated rings. The Hall–Kier alpha value is -3.61. The van der Waals surface area contributed by atoms with Crippen LogP contribution in [0.15, 0.2) is 67.0 Å². The largest absolute Gasteiger partial charge is 0.347 e. The minimum absolute atomic E-state index is 0.0864. The first kappa shape index (κ1) is 17.2. The molecule has 2 aromatic heterocycles. The van der Waals surface area contributed by atoms with Crippen LogP contribution in [0.4, 0.5) is 10.1 Å². The molecule has 0 bridgehead atoms. The number of aromatic nitrogens is 2. The summed E-state index contributed by atoms with van der Waals surface area (Å²) in [4.78, 5) is 32.5. The number of pyridine rings is 2. The standard InChI is InChI=1S/C19H15FN4O2/c20-14-6-8-15(9-7-14)23-19(26)17-5-1-4-16(24-17)18(25)22-12-13-3-2-10-21-11-13/h1-11H,12H2,(H,22,25)(H,23,26). The highest BCUT2D eigenvalue weighted by atomic mass is 19.1. The highest BCUT2D eigenvalue weighted by Gasteiger charge is 2.12. The van der Waals surface area contributed by atoms with Gasteiger partial charge in [0.25, 0.3) is 11.8 Å². The van der Waals surface area contributed by atoms with Crippen molar-refractivity contribution in [1.82, 2.24) is 15.3 Å². The highest BCUT2D eigenvalue weighted by molar-refractivity contribution is 6.03. The van der Waals surface area contributed by atoms with E-state index in [0.717, 1.165) is 5.56 Å². The van der Waals surface area contributed by atoms with Crippen LogP contribution in [0.2, 0.25) is 0 Å². The van der Waals surface area contributed by atoms with Crippen LogP contribution >= 0.6 is 0 Å². The van der Waals surface area contributed by atoms with Gasteiger partial charge in [0.1, 0.15) is 17.2 Å². The van der Waals surface area contributed by atoms with Crippen molar-refractivity contribution in [2.24, 2.45) is 0 Å². The molecule has 1 aromatic carbocycles. The van der Waals surface area contributed by atoms with Crippen LogP contribution in [0.25, 0.3) is 0 Å². The first-order valence-electron chi connectivity index (χ1n) is 7.83. The first-order valence-corrected chi connectivity index (χ1v) is 7.83. The van der Waals surface area contributed by atoms with Crippen molar-refractivity contribution in [2.45, 2.75) is 6.54 Å². The number of benzene rings is 1. The molecule has 0 saturated heterocycles. The van der Waals surface area contributed by atoms with Crippen LogP contribution in [-0.2, 0) is 6.54 Å². The number of carbonyl (C=O) groups excluding carboxylic acids is 2. The van der Waals surface area contributed by atoms with Crippen LogP contribution in [0, 0.1) is 5.82 Å². The molecule has 26 heavy (non-hydrogen) atoms. The predicted octanol–water partition coefficient (Wildman–Crippen LogP) is 2.80. The van der Waals surface area contributed by atoms with E-state index in [0.29, 0.717) is 12.2 Å². The van der Waals surface area contributed by atoms with E-state index in [1.807, 2.05) is 6.07 Å². The molecule has 0 aliphatic rings. The van der Waals surface area contributed by atoms with Crippen molar-refractivity contribution in [3.63, 3.8) is 0 Å². The third kappa shape index (κ3) is 4.47. The van der Waals surface area contributed by atoms with Crippen molar-refractivity contribution < 1.29 is 14.0 Å². The Morgan fingerprint density at radius 3 is 2.35 bits per heavy atom. The van der Waals surface area contributed by atoms with Crippen LogP contribution in [0.1, 0.15) is 26.5 Å². The molecule has 0 aliphatic heterocycles. The van der Waals surface area contributed by atoms with Crippen LogP contribution in [0.3, 0.4) is 0 Å². The van der Waals surface area contributed by atoms with E-state index in [1.54, 1.807) is 24.5 Å². The maximum atomic E-state index is 12.9. The second-order valence-corrected chi connectivity index (χ2v) is 5.41. The predicted molar refractivity (Wildman–Crippen MR) is 94.0 cm³/mol. The fourth-order valence-electron chi connectivity index (χ4n) is 2.19. The van der Waals surface area contributed by atoms with Crippen LogP contribution < -0.4 is 10.6 Å². The Balaban J connectivity index is 1.66. The summed E-state index contributed by atoms with van der Waals surface area (Å²) in [5, 5.41) is 5.32. The number of carbonyl (C=O) groups is 2. The molecule has 3 aromatic rings. The molecule has 0 unspecified atom stereocenters. The molecule has 6 nitrogen and oxygen atoms in total. The molecular weight excluding hydrogens is 335 g/mol. The number of nitrogens with one attached hydrogen (secondary N) is 2. The minimum atomic E-state index is -0.487. The SMILES string of the molecule is O=C(NCc1cccnc1)c1cccc(C(=O)Nc2ccc(F)cc2)n1. The van der Waals surface area contributed by atoms with Gasteiger partial charge in [0.15, 0.2) is 0 Å². The zero-order valence-corrected chi connectivity index (χ0v) is 13.6. The first-order chi connectivity index (χ1) is 12.6. The Kier molecular flexibility index (Phi) is 5.28. The fraction of sp³-hybridized carbons (Fsp3) is 0.0526. The summed E-state index contributed by atoms with van der Waals surface area (Å²) in [7, 11) is 0. The zero-order chi connectivity index (χ0) is 18.4. The van der Waals surface area contributed by atoms with Crippen molar-refractivity contribution in [2.75, 3.05) is 5.32 Å². The summed E-state index contributed by atoms with van der Waals surface area (Å²) in [5.74, 6) is -1.28. The third-order valence-electron chi connectivity index (χ3n) is 3.49. The number of rotatable bonds is 5. The highest BCUT2D eigenvalue weighted by Crippen LogP contribution is 2.10. The van der Waals surface area contributed by atoms with E-state index in [4.69, 9.17) is 0 Å². The lowest BCUT2D eigenvalue weighted by Gasteiger charge is -2.07. The lowest BCUT2D eigenvalue weighted by atomic mass is 10.2. The smallest absolute Gasteiger partial charge is 0.274 e. The molecule has 3 rings (SSSR count). The number of hydrogen-bond acceptors (Lipinski definition) is 4. The molecule has 0 spiro atoms. The van der Waals surface area contributed by atoms with Gasteiger partial charge in [0, 0.05) is 24.6 Å². The van der Waals surface area contributed by atoms with Gasteiger partial charge < -0.3 is 10.6 Å². The molecule has 2 heterocycles. The monoisotopic (exact) mass is 350 g/mol. The van der Waals surface area contributed by atoms with E-state index >= 15 is 0 Å². The van der Waals surface area contributed by atoms with Crippen molar-refractivity contribution in [3.05, 3.63) is 89.8 Å². The zero-order valence-electron chi connectivity index (χ0n) is 13.6. The Labute approximate surface area is 149 Å². The average Bonchev–Trinajstić information content (AvgIpc) is 2.69. The van der Waals surface area contributed by atoms with Gasteiger partial charge in [0.2, 0.25) is 0 Å². The normalized spacial score (nSPS) is 10.2. The van der Waals surface area contributed by atoms with Crippen LogP contribution in [-0.4, -0.2) is 21.8 Å². The molecule has 0 atom stereocenters. The van der Waals surface area contributed by atoms with Gasteiger partial charge >= 0.3 is 0 Å². The number of halogens is 1. The Bertz CT molecular complexity index is 914. The second kappa shape index (κ2) is 7.98. The summed E-state index contributed by atoms with van der Waals surface area (Å²) in [6, 6.07) is 13.6. The summed E-state index contributed by atoms with van der Waals surface area (Å²) in [6.45, 7) is 0.306. The summed E-state index contributed by atoms with van der Waals surface area (Å²) < 4.78 is 12.9. The van der Waals surface area contributed by atoms with E-state index < -0.39 is 17.6 Å². The van der Waals surface area contributed by atoms with E-state index in [9.17, 15) is 14.0 Å². The van der Waals surface area contributed by atoms with Gasteiger partial charge in [-0.15, -0.1) is 0 Å². The van der Waals surface area contributed by atoms with E-state index in [1.165, 1.54) is 36.4 Å². The van der Waals surface area contributed by atoms with Crippen LogP contribution in [0.5, 0.6) is 0 Å². The number of anilines is 1. The van der Waals surface area contributed by atoms with Crippen molar-refractivity contribution >= 4 is 17.5 Å². The minimum Gasteiger partial charge on any atom is -0.347 e. The Morgan fingerprint density at radius 1 is 0.923 bits per heavy atom. The number of amides is 2. The molecule has 2 amide bonds. The molecule has 0 aliphatic carbocycles. The quantitative estimate of drug-likeness (QED) is 0.741. The van der Waals surface area contributed by atoms with Gasteiger partial charge in [-0.3, -0.25) is 14.6 Å². The average molecular weight is 350 g/mol. The topological polar surface area (TPSA) is 84.0 Å². The molecule has 130 valence electrons. The van der Waals surface area contributed by atoms with Gasteiger partial charge in [-0.1, -0.05) is 12.1 Å². The Morgan fingerprint density at radius 2 is 1.65 bits per heavy atom. The lowest BCUT2D eigenvalue weighted by molar-refractivity contribution is 0.0945. The summed E-state index contributed by atoms with van der Waals surface area (Å²) >= 11 is 0. The summed E-state index contributed by atoms with van der Waals surface area (Å²) in [6.07, 6.45) is 3.30. The van der Waals surface area contributed by atoms with E-state index in [2.05, 4.69) is 20.6 Å². The van der Waals surface area contributed by atoms with Gasteiger partial charge in [-0.2, -0.15) is 0 Å². The second-order valence-electron chi connectivity index (χ2n) is 5.41. The lowest BCUT2D eigenvalue weighted by Crippen LogP contribution is -2.25. The molecular formula is C19H15FN4O2.